The molecule has 4 nitrogen and oxygen atoms in total. The third kappa shape index (κ3) is 3.66. The van der Waals surface area contributed by atoms with Crippen LogP contribution in [0.2, 0.25) is 0 Å². The Hall–Kier alpha value is -0.130. The van der Waals surface area contributed by atoms with Gasteiger partial charge in [-0.3, -0.25) is 4.90 Å². The third-order valence-electron chi connectivity index (χ3n) is 3.88. The molecule has 0 aromatic carbocycles. The van der Waals surface area contributed by atoms with Gasteiger partial charge in [0.15, 0.2) is 9.84 Å². The lowest BCUT2D eigenvalue weighted by atomic mass is 10.1. The summed E-state index contributed by atoms with van der Waals surface area (Å²) < 4.78 is 23.3. The van der Waals surface area contributed by atoms with Crippen LogP contribution in [-0.4, -0.2) is 56.5 Å². The van der Waals surface area contributed by atoms with Gasteiger partial charge < -0.3 is 5.32 Å². The van der Waals surface area contributed by atoms with Crippen molar-refractivity contribution >= 4 is 9.84 Å². The van der Waals surface area contributed by atoms with Crippen LogP contribution in [0.4, 0.5) is 0 Å². The number of nitrogens with zero attached hydrogens (tertiary/aromatic N) is 1. The molecule has 0 aromatic rings. The van der Waals surface area contributed by atoms with Gasteiger partial charge in [-0.05, 0) is 19.3 Å². The Labute approximate surface area is 105 Å². The number of nitrogens with one attached hydrogen (secondary N) is 1. The van der Waals surface area contributed by atoms with Crippen molar-refractivity contribution < 1.29 is 8.42 Å². The van der Waals surface area contributed by atoms with Gasteiger partial charge in [-0.1, -0.05) is 13.3 Å². The molecule has 1 N–H and O–H groups in total. The van der Waals surface area contributed by atoms with Crippen molar-refractivity contribution in [1.29, 1.82) is 0 Å². The van der Waals surface area contributed by atoms with E-state index in [0.29, 0.717) is 17.5 Å². The summed E-state index contributed by atoms with van der Waals surface area (Å²) in [6.45, 7) is 5.22. The molecular formula is C12H24N2O2S. The molecule has 0 amide bonds. The maximum Gasteiger partial charge on any atom is 0.151 e. The zero-order valence-corrected chi connectivity index (χ0v) is 11.5. The summed E-state index contributed by atoms with van der Waals surface area (Å²) in [5.41, 5.74) is 0. The van der Waals surface area contributed by atoms with Crippen LogP contribution < -0.4 is 5.32 Å². The van der Waals surface area contributed by atoms with Gasteiger partial charge >= 0.3 is 0 Å². The summed E-state index contributed by atoms with van der Waals surface area (Å²) in [5.74, 6) is 0.778. The van der Waals surface area contributed by atoms with E-state index in [9.17, 15) is 8.42 Å². The predicted octanol–water partition coefficient (Wildman–Crippen LogP) is 0.638. The Kier molecular flexibility index (Phi) is 4.44. The van der Waals surface area contributed by atoms with Crippen LogP contribution in [0, 0.1) is 0 Å². The van der Waals surface area contributed by atoms with Gasteiger partial charge in [0.25, 0.3) is 0 Å². The Bertz CT molecular complexity index is 340. The van der Waals surface area contributed by atoms with Crippen LogP contribution in [0.25, 0.3) is 0 Å². The lowest BCUT2D eigenvalue weighted by Crippen LogP contribution is -2.56. The van der Waals surface area contributed by atoms with Crippen LogP contribution in [0.3, 0.4) is 0 Å². The Morgan fingerprint density at radius 1 is 1.41 bits per heavy atom. The molecule has 100 valence electrons. The Balaban J connectivity index is 1.92. The van der Waals surface area contributed by atoms with Crippen molar-refractivity contribution in [3.8, 4) is 0 Å². The van der Waals surface area contributed by atoms with Gasteiger partial charge in [-0.15, -0.1) is 0 Å². The minimum absolute atomic E-state index is 0.273. The van der Waals surface area contributed by atoms with E-state index in [-0.39, 0.29) is 6.04 Å². The van der Waals surface area contributed by atoms with Crippen molar-refractivity contribution in [2.75, 3.05) is 31.1 Å². The van der Waals surface area contributed by atoms with Gasteiger partial charge in [-0.2, -0.15) is 0 Å². The second kappa shape index (κ2) is 5.67. The number of rotatable bonds is 3. The van der Waals surface area contributed by atoms with E-state index in [0.717, 1.165) is 32.5 Å². The molecule has 0 spiro atoms. The van der Waals surface area contributed by atoms with E-state index in [1.54, 1.807) is 0 Å². The SMILES string of the molecule is CCCC1CN(C2CCCS(=O)(=O)C2)CCN1. The first-order valence-electron chi connectivity index (χ1n) is 6.78. The molecule has 0 saturated carbocycles. The number of piperazine rings is 1. The molecule has 2 saturated heterocycles. The fourth-order valence-corrected chi connectivity index (χ4v) is 4.75. The summed E-state index contributed by atoms with van der Waals surface area (Å²) in [6.07, 6.45) is 4.28. The Morgan fingerprint density at radius 2 is 2.24 bits per heavy atom. The zero-order valence-electron chi connectivity index (χ0n) is 10.7. The first kappa shape index (κ1) is 13.3. The molecular weight excluding hydrogens is 236 g/mol. The standard InChI is InChI=1S/C12H24N2O2S/c1-2-4-11-9-14(7-6-13-11)12-5-3-8-17(15,16)10-12/h11-13H,2-10H2,1H3. The molecule has 0 radical (unpaired) electrons. The highest BCUT2D eigenvalue weighted by molar-refractivity contribution is 7.91. The molecule has 2 heterocycles. The monoisotopic (exact) mass is 260 g/mol. The lowest BCUT2D eigenvalue weighted by molar-refractivity contribution is 0.141. The molecule has 0 bridgehead atoms. The summed E-state index contributed by atoms with van der Waals surface area (Å²) in [5, 5.41) is 3.52. The van der Waals surface area contributed by atoms with Gasteiger partial charge in [0.05, 0.1) is 11.5 Å². The van der Waals surface area contributed by atoms with Crippen molar-refractivity contribution in [2.24, 2.45) is 0 Å². The van der Waals surface area contributed by atoms with Gasteiger partial charge in [0.2, 0.25) is 0 Å². The zero-order chi connectivity index (χ0) is 12.3. The van der Waals surface area contributed by atoms with Gasteiger partial charge in [-0.25, -0.2) is 8.42 Å². The topological polar surface area (TPSA) is 49.4 Å². The fraction of sp³-hybridized carbons (Fsp3) is 1.00. The van der Waals surface area contributed by atoms with Crippen molar-refractivity contribution in [2.45, 2.75) is 44.7 Å². The lowest BCUT2D eigenvalue weighted by Gasteiger charge is -2.40. The van der Waals surface area contributed by atoms with E-state index in [2.05, 4.69) is 17.1 Å². The van der Waals surface area contributed by atoms with Crippen LogP contribution in [-0.2, 0) is 9.84 Å². The van der Waals surface area contributed by atoms with E-state index < -0.39 is 9.84 Å². The first-order chi connectivity index (χ1) is 8.11. The molecule has 2 aliphatic rings. The van der Waals surface area contributed by atoms with Gasteiger partial charge in [0, 0.05) is 31.7 Å². The highest BCUT2D eigenvalue weighted by Crippen LogP contribution is 2.19. The van der Waals surface area contributed by atoms with E-state index in [1.807, 2.05) is 0 Å². The molecule has 2 rings (SSSR count). The van der Waals surface area contributed by atoms with E-state index in [1.165, 1.54) is 12.8 Å². The predicted molar refractivity (Wildman–Crippen MR) is 69.9 cm³/mol. The Morgan fingerprint density at radius 3 is 2.94 bits per heavy atom. The largest absolute Gasteiger partial charge is 0.311 e. The first-order valence-corrected chi connectivity index (χ1v) is 8.61. The molecule has 2 aliphatic heterocycles. The molecule has 0 aliphatic carbocycles. The number of hydrogen-bond acceptors (Lipinski definition) is 4. The van der Waals surface area contributed by atoms with Crippen molar-refractivity contribution in [3.05, 3.63) is 0 Å². The minimum Gasteiger partial charge on any atom is -0.311 e. The second-order valence-electron chi connectivity index (χ2n) is 5.35. The maximum absolute atomic E-state index is 11.7. The molecule has 2 atom stereocenters. The second-order valence-corrected chi connectivity index (χ2v) is 7.57. The maximum atomic E-state index is 11.7. The normalized spacial score (nSPS) is 34.6. The number of sulfone groups is 1. The van der Waals surface area contributed by atoms with Crippen LogP contribution in [0.5, 0.6) is 0 Å². The minimum atomic E-state index is -2.77. The summed E-state index contributed by atoms with van der Waals surface area (Å²) in [7, 11) is -2.77. The molecule has 17 heavy (non-hydrogen) atoms. The van der Waals surface area contributed by atoms with E-state index >= 15 is 0 Å². The van der Waals surface area contributed by atoms with Crippen LogP contribution in [0.1, 0.15) is 32.6 Å². The van der Waals surface area contributed by atoms with Crippen molar-refractivity contribution in [1.82, 2.24) is 10.2 Å². The van der Waals surface area contributed by atoms with Crippen molar-refractivity contribution in [3.63, 3.8) is 0 Å². The van der Waals surface area contributed by atoms with E-state index in [4.69, 9.17) is 0 Å². The third-order valence-corrected chi connectivity index (χ3v) is 5.68. The average molecular weight is 260 g/mol. The number of hydrogen-bond donors (Lipinski definition) is 1. The quantitative estimate of drug-likeness (QED) is 0.809. The van der Waals surface area contributed by atoms with Gasteiger partial charge in [0.1, 0.15) is 0 Å². The highest BCUT2D eigenvalue weighted by atomic mass is 32.2. The summed E-state index contributed by atoms with van der Waals surface area (Å²) >= 11 is 0. The molecule has 2 fully saturated rings. The summed E-state index contributed by atoms with van der Waals surface area (Å²) in [6, 6.07) is 0.827. The molecule has 2 unspecified atom stereocenters. The molecule has 5 heteroatoms. The smallest absolute Gasteiger partial charge is 0.151 e. The van der Waals surface area contributed by atoms with Crippen LogP contribution in [0.15, 0.2) is 0 Å². The molecule has 0 aromatic heterocycles. The highest BCUT2D eigenvalue weighted by Gasteiger charge is 2.31. The fourth-order valence-electron chi connectivity index (χ4n) is 3.01. The summed E-state index contributed by atoms with van der Waals surface area (Å²) in [4.78, 5) is 2.40. The van der Waals surface area contributed by atoms with Crippen LogP contribution >= 0.6 is 0 Å². The average Bonchev–Trinajstić information content (AvgIpc) is 2.28.